The molecule has 1 amide bonds. The summed E-state index contributed by atoms with van der Waals surface area (Å²) in [5.41, 5.74) is 1.83. The first kappa shape index (κ1) is 18.2. The van der Waals surface area contributed by atoms with Crippen LogP contribution in [0.15, 0.2) is 54.9 Å². The first-order valence-corrected chi connectivity index (χ1v) is 9.66. The highest BCUT2D eigenvalue weighted by Crippen LogP contribution is 2.25. The summed E-state index contributed by atoms with van der Waals surface area (Å²) < 4.78 is 7.39. The lowest BCUT2D eigenvalue weighted by Crippen LogP contribution is -2.16. The number of hydrogen-bond donors (Lipinski definition) is 1. The van der Waals surface area contributed by atoms with Gasteiger partial charge in [0.25, 0.3) is 5.91 Å². The smallest absolute Gasteiger partial charge is 0.257 e. The van der Waals surface area contributed by atoms with Crippen molar-refractivity contribution in [1.29, 1.82) is 0 Å². The normalized spacial score (nSPS) is 14.6. The zero-order valence-corrected chi connectivity index (χ0v) is 15.6. The Morgan fingerprint density at radius 3 is 2.61 bits per heavy atom. The number of nitrogens with one attached hydrogen (secondary N) is 1. The Hall–Kier alpha value is -3.22. The van der Waals surface area contributed by atoms with Gasteiger partial charge in [0, 0.05) is 5.69 Å². The minimum Gasteiger partial charge on any atom is -0.493 e. The highest BCUT2D eigenvalue weighted by atomic mass is 16.5. The predicted molar refractivity (Wildman–Crippen MR) is 106 cm³/mol. The van der Waals surface area contributed by atoms with Crippen LogP contribution in [0.2, 0.25) is 0 Å². The minimum absolute atomic E-state index is 0.220. The average molecular weight is 377 g/mol. The molecule has 4 rings (SSSR count). The summed E-state index contributed by atoms with van der Waals surface area (Å²) >= 11 is 0. The predicted octanol–water partition coefficient (Wildman–Crippen LogP) is 3.87. The molecule has 1 saturated carbocycles. The molecule has 0 spiro atoms. The molecule has 0 aliphatic heterocycles. The fourth-order valence-electron chi connectivity index (χ4n) is 3.54. The molecule has 3 aromatic rings. The number of tetrazole rings is 1. The van der Waals surface area contributed by atoms with Crippen LogP contribution in [0.4, 0.5) is 5.69 Å². The second-order valence-corrected chi connectivity index (χ2v) is 7.07. The molecule has 1 aromatic heterocycles. The number of ether oxygens (including phenoxy) is 1. The van der Waals surface area contributed by atoms with Crippen LogP contribution in [0.3, 0.4) is 0 Å². The van der Waals surface area contributed by atoms with E-state index in [4.69, 9.17) is 4.74 Å². The van der Waals surface area contributed by atoms with E-state index in [1.165, 1.54) is 43.1 Å². The Balaban J connectivity index is 1.39. The van der Waals surface area contributed by atoms with Crippen molar-refractivity contribution < 1.29 is 9.53 Å². The summed E-state index contributed by atoms with van der Waals surface area (Å²) in [7, 11) is 0. The summed E-state index contributed by atoms with van der Waals surface area (Å²) in [6.07, 6.45) is 7.95. The summed E-state index contributed by atoms with van der Waals surface area (Å²) in [4.78, 5) is 12.7. The lowest BCUT2D eigenvalue weighted by molar-refractivity contribution is 0.102. The van der Waals surface area contributed by atoms with Crippen LogP contribution in [-0.4, -0.2) is 32.7 Å². The molecule has 7 nitrogen and oxygen atoms in total. The third-order valence-corrected chi connectivity index (χ3v) is 5.07. The summed E-state index contributed by atoms with van der Waals surface area (Å²) in [5.74, 6) is 1.27. The second-order valence-electron chi connectivity index (χ2n) is 7.07. The van der Waals surface area contributed by atoms with E-state index in [1.807, 2.05) is 36.4 Å². The van der Waals surface area contributed by atoms with Gasteiger partial charge < -0.3 is 10.1 Å². The van der Waals surface area contributed by atoms with E-state index in [0.717, 1.165) is 12.4 Å². The number of anilines is 1. The second kappa shape index (κ2) is 8.65. The zero-order chi connectivity index (χ0) is 19.2. The molecule has 0 saturated heterocycles. The number of carbonyl (C=O) groups is 1. The molecule has 144 valence electrons. The lowest BCUT2D eigenvalue weighted by atomic mass is 9.90. The maximum absolute atomic E-state index is 12.7. The molecule has 0 atom stereocenters. The third kappa shape index (κ3) is 4.36. The van der Waals surface area contributed by atoms with Gasteiger partial charge in [-0.15, -0.1) is 5.10 Å². The number of para-hydroxylation sites is 1. The molecule has 0 bridgehead atoms. The molecule has 1 fully saturated rings. The van der Waals surface area contributed by atoms with E-state index in [1.54, 1.807) is 12.1 Å². The molecule has 1 N–H and O–H groups in total. The highest BCUT2D eigenvalue weighted by molar-refractivity contribution is 6.06. The molecule has 1 aliphatic carbocycles. The monoisotopic (exact) mass is 377 g/mol. The number of hydrogen-bond acceptors (Lipinski definition) is 5. The van der Waals surface area contributed by atoms with Gasteiger partial charge in [-0.2, -0.15) is 4.68 Å². The lowest BCUT2D eigenvalue weighted by Gasteiger charge is -2.21. The van der Waals surface area contributed by atoms with Crippen molar-refractivity contribution in [3.05, 3.63) is 60.4 Å². The molecule has 28 heavy (non-hydrogen) atoms. The van der Waals surface area contributed by atoms with Crippen LogP contribution >= 0.6 is 0 Å². The molecular weight excluding hydrogens is 354 g/mol. The third-order valence-electron chi connectivity index (χ3n) is 5.07. The van der Waals surface area contributed by atoms with E-state index in [9.17, 15) is 4.79 Å². The Morgan fingerprint density at radius 2 is 1.86 bits per heavy atom. The first-order chi connectivity index (χ1) is 13.8. The molecule has 0 radical (unpaired) electrons. The van der Waals surface area contributed by atoms with Crippen molar-refractivity contribution in [1.82, 2.24) is 20.2 Å². The Bertz CT molecular complexity index is 903. The number of nitrogens with zero attached hydrogens (tertiary/aromatic N) is 4. The van der Waals surface area contributed by atoms with Crippen LogP contribution < -0.4 is 10.1 Å². The van der Waals surface area contributed by atoms with Gasteiger partial charge in [0.1, 0.15) is 12.1 Å². The van der Waals surface area contributed by atoms with Crippen LogP contribution in [0.1, 0.15) is 42.5 Å². The fraction of sp³-hybridized carbons (Fsp3) is 0.333. The SMILES string of the molecule is O=C(Nc1ccc(OCC2CCCCC2)cc1)c1ccccc1-n1cnnn1. The van der Waals surface area contributed by atoms with Crippen LogP contribution in [0.5, 0.6) is 5.75 Å². The summed E-state index contributed by atoms with van der Waals surface area (Å²) in [6.45, 7) is 0.769. The average Bonchev–Trinajstić information content (AvgIpc) is 3.29. The number of benzene rings is 2. The van der Waals surface area contributed by atoms with Gasteiger partial charge >= 0.3 is 0 Å². The quantitative estimate of drug-likeness (QED) is 0.705. The maximum atomic E-state index is 12.7. The van der Waals surface area contributed by atoms with Gasteiger partial charge in [-0.3, -0.25) is 4.79 Å². The molecule has 7 heteroatoms. The van der Waals surface area contributed by atoms with Gasteiger partial charge in [-0.25, -0.2) is 0 Å². The minimum atomic E-state index is -0.220. The molecule has 0 unspecified atom stereocenters. The van der Waals surface area contributed by atoms with Gasteiger partial charge in [0.2, 0.25) is 0 Å². The van der Waals surface area contributed by atoms with Crippen molar-refractivity contribution >= 4 is 11.6 Å². The van der Waals surface area contributed by atoms with Gasteiger partial charge in [0.15, 0.2) is 0 Å². The van der Waals surface area contributed by atoms with E-state index in [0.29, 0.717) is 22.9 Å². The van der Waals surface area contributed by atoms with Crippen molar-refractivity contribution in [2.75, 3.05) is 11.9 Å². The van der Waals surface area contributed by atoms with Gasteiger partial charge in [-0.05, 0) is 65.6 Å². The van der Waals surface area contributed by atoms with E-state index in [-0.39, 0.29) is 5.91 Å². The standard InChI is InChI=1S/C21H23N5O2/c27-21(19-8-4-5-9-20(19)26-15-22-24-25-26)23-17-10-12-18(13-11-17)28-14-16-6-2-1-3-7-16/h4-5,8-13,15-16H,1-3,6-7,14H2,(H,23,27). The van der Waals surface area contributed by atoms with Crippen molar-refractivity contribution in [2.45, 2.75) is 32.1 Å². The van der Waals surface area contributed by atoms with E-state index >= 15 is 0 Å². The highest BCUT2D eigenvalue weighted by Gasteiger charge is 2.15. The van der Waals surface area contributed by atoms with Gasteiger partial charge in [0.05, 0.1) is 17.9 Å². The topological polar surface area (TPSA) is 81.9 Å². The fourth-order valence-corrected chi connectivity index (χ4v) is 3.54. The molecular formula is C21H23N5O2. The number of amides is 1. The number of aromatic nitrogens is 4. The molecule has 1 aliphatic rings. The molecule has 1 heterocycles. The van der Waals surface area contributed by atoms with E-state index < -0.39 is 0 Å². The van der Waals surface area contributed by atoms with Crippen molar-refractivity contribution in [2.24, 2.45) is 5.92 Å². The van der Waals surface area contributed by atoms with E-state index in [2.05, 4.69) is 20.8 Å². The first-order valence-electron chi connectivity index (χ1n) is 9.66. The van der Waals surface area contributed by atoms with Crippen LogP contribution in [0.25, 0.3) is 5.69 Å². The van der Waals surface area contributed by atoms with Gasteiger partial charge in [-0.1, -0.05) is 31.4 Å². The number of carbonyl (C=O) groups excluding carboxylic acids is 1. The number of rotatable bonds is 6. The van der Waals surface area contributed by atoms with Crippen molar-refractivity contribution in [3.8, 4) is 11.4 Å². The summed E-state index contributed by atoms with van der Waals surface area (Å²) in [5, 5.41) is 14.0. The zero-order valence-electron chi connectivity index (χ0n) is 15.6. The molecule has 2 aromatic carbocycles. The maximum Gasteiger partial charge on any atom is 0.257 e. The summed E-state index contributed by atoms with van der Waals surface area (Å²) in [6, 6.07) is 14.7. The Kier molecular flexibility index (Phi) is 5.61. The van der Waals surface area contributed by atoms with Crippen molar-refractivity contribution in [3.63, 3.8) is 0 Å². The largest absolute Gasteiger partial charge is 0.493 e. The Labute approximate surface area is 163 Å². The Morgan fingerprint density at radius 1 is 1.07 bits per heavy atom. The van der Waals surface area contributed by atoms with Crippen LogP contribution in [-0.2, 0) is 0 Å². The van der Waals surface area contributed by atoms with Crippen LogP contribution in [0, 0.1) is 5.92 Å².